The second-order valence-corrected chi connectivity index (χ2v) is 9.25. The molecule has 0 bridgehead atoms. The summed E-state index contributed by atoms with van der Waals surface area (Å²) in [5.74, 6) is -0.546. The second kappa shape index (κ2) is 11.8. The van der Waals surface area contributed by atoms with Gasteiger partial charge < -0.3 is 9.64 Å². The third-order valence-corrected chi connectivity index (χ3v) is 6.48. The monoisotopic (exact) mass is 530 g/mol. The topological polar surface area (TPSA) is 49.9 Å². The number of ether oxygens (including phenoxy) is 1. The first-order valence-corrected chi connectivity index (χ1v) is 12.3. The van der Waals surface area contributed by atoms with Crippen molar-refractivity contribution in [3.8, 4) is 0 Å². The standard InChI is InChI=1S/C28H26ClF3N2O3/c29-24-9-7-21(8-10-24)27(36)22-4-1-3-20(17-22)18-26(35)37-16-15-33-11-13-34(14-12-33)25-6-2-5-23(19-25)28(30,31)32/h1-10,17,19H,11-16,18H2. The molecular weight excluding hydrogens is 505 g/mol. The van der Waals surface area contributed by atoms with Crippen LogP contribution >= 0.6 is 11.6 Å². The predicted octanol–water partition coefficient (Wildman–Crippen LogP) is 5.50. The van der Waals surface area contributed by atoms with E-state index >= 15 is 0 Å². The van der Waals surface area contributed by atoms with Gasteiger partial charge in [-0.25, -0.2) is 0 Å². The summed E-state index contributed by atoms with van der Waals surface area (Å²) >= 11 is 5.88. The highest BCUT2D eigenvalue weighted by Gasteiger charge is 2.31. The molecule has 9 heteroatoms. The smallest absolute Gasteiger partial charge is 0.416 e. The Labute approximate surface area is 218 Å². The van der Waals surface area contributed by atoms with Crippen molar-refractivity contribution in [2.45, 2.75) is 12.6 Å². The van der Waals surface area contributed by atoms with Crippen LogP contribution in [0.25, 0.3) is 0 Å². The van der Waals surface area contributed by atoms with Gasteiger partial charge in [0.25, 0.3) is 0 Å². The third kappa shape index (κ3) is 7.33. The first-order valence-electron chi connectivity index (χ1n) is 11.9. The normalized spacial score (nSPS) is 14.4. The predicted molar refractivity (Wildman–Crippen MR) is 136 cm³/mol. The fourth-order valence-electron chi connectivity index (χ4n) is 4.21. The minimum Gasteiger partial charge on any atom is -0.464 e. The molecule has 0 radical (unpaired) electrons. The van der Waals surface area contributed by atoms with Crippen LogP contribution in [0.5, 0.6) is 0 Å². The van der Waals surface area contributed by atoms with Crippen LogP contribution in [0.3, 0.4) is 0 Å². The van der Waals surface area contributed by atoms with Gasteiger partial charge in [0.2, 0.25) is 0 Å². The van der Waals surface area contributed by atoms with Gasteiger partial charge in [0.05, 0.1) is 12.0 Å². The van der Waals surface area contributed by atoms with E-state index in [1.807, 2.05) is 4.90 Å². The molecular formula is C28H26ClF3N2O3. The van der Waals surface area contributed by atoms with E-state index < -0.39 is 17.7 Å². The van der Waals surface area contributed by atoms with Gasteiger partial charge in [-0.05, 0) is 54.1 Å². The van der Waals surface area contributed by atoms with E-state index in [-0.39, 0.29) is 18.8 Å². The molecule has 1 aliphatic heterocycles. The van der Waals surface area contributed by atoms with Crippen LogP contribution in [0, 0.1) is 0 Å². The van der Waals surface area contributed by atoms with E-state index in [4.69, 9.17) is 16.3 Å². The quantitative estimate of drug-likeness (QED) is 0.284. The fourth-order valence-corrected chi connectivity index (χ4v) is 4.33. The van der Waals surface area contributed by atoms with Crippen molar-refractivity contribution >= 4 is 29.0 Å². The van der Waals surface area contributed by atoms with Gasteiger partial charge in [-0.1, -0.05) is 35.9 Å². The van der Waals surface area contributed by atoms with Crippen LogP contribution < -0.4 is 4.90 Å². The van der Waals surface area contributed by atoms with Crippen LogP contribution in [0.1, 0.15) is 27.0 Å². The zero-order valence-electron chi connectivity index (χ0n) is 20.0. The van der Waals surface area contributed by atoms with E-state index in [0.29, 0.717) is 60.1 Å². The molecule has 4 rings (SSSR count). The summed E-state index contributed by atoms with van der Waals surface area (Å²) in [6.07, 6.45) is -4.32. The molecule has 194 valence electrons. The largest absolute Gasteiger partial charge is 0.464 e. The molecule has 0 N–H and O–H groups in total. The van der Waals surface area contributed by atoms with E-state index in [0.717, 1.165) is 6.07 Å². The summed E-state index contributed by atoms with van der Waals surface area (Å²) in [6, 6.07) is 18.9. The summed E-state index contributed by atoms with van der Waals surface area (Å²) in [4.78, 5) is 29.1. The van der Waals surface area contributed by atoms with Gasteiger partial charge in [0.15, 0.2) is 5.78 Å². The summed E-state index contributed by atoms with van der Waals surface area (Å²) in [5.41, 5.74) is 1.57. The van der Waals surface area contributed by atoms with Gasteiger partial charge in [-0.3, -0.25) is 14.5 Å². The van der Waals surface area contributed by atoms with E-state index in [9.17, 15) is 22.8 Å². The van der Waals surface area contributed by atoms with Gasteiger partial charge >= 0.3 is 12.1 Å². The molecule has 1 fully saturated rings. The number of benzene rings is 3. The highest BCUT2D eigenvalue weighted by atomic mass is 35.5. The van der Waals surface area contributed by atoms with Crippen LogP contribution in [0.4, 0.5) is 18.9 Å². The summed E-state index contributed by atoms with van der Waals surface area (Å²) in [5, 5.41) is 0.547. The Kier molecular flexibility index (Phi) is 8.51. The average molecular weight is 531 g/mol. The van der Waals surface area contributed by atoms with E-state index in [1.54, 1.807) is 54.6 Å². The molecule has 3 aromatic rings. The molecule has 0 amide bonds. The number of rotatable bonds is 8. The molecule has 0 aromatic heterocycles. The maximum atomic E-state index is 13.0. The van der Waals surface area contributed by atoms with Crippen molar-refractivity contribution in [1.82, 2.24) is 4.90 Å². The number of hydrogen-bond donors (Lipinski definition) is 0. The van der Waals surface area contributed by atoms with Crippen LogP contribution in [-0.4, -0.2) is 56.0 Å². The third-order valence-electron chi connectivity index (χ3n) is 6.23. The van der Waals surface area contributed by atoms with Crippen LogP contribution in [0.2, 0.25) is 5.02 Å². The fraction of sp³-hybridized carbons (Fsp3) is 0.286. The van der Waals surface area contributed by atoms with Crippen molar-refractivity contribution in [2.75, 3.05) is 44.2 Å². The Balaban J connectivity index is 1.22. The minimum absolute atomic E-state index is 0.0467. The van der Waals surface area contributed by atoms with Gasteiger partial charge in [-0.2, -0.15) is 13.2 Å². The number of piperazine rings is 1. The number of anilines is 1. The number of nitrogens with zero attached hydrogens (tertiary/aromatic N) is 2. The lowest BCUT2D eigenvalue weighted by Crippen LogP contribution is -2.47. The molecule has 5 nitrogen and oxygen atoms in total. The summed E-state index contributed by atoms with van der Waals surface area (Å²) in [6.45, 7) is 3.24. The zero-order valence-corrected chi connectivity index (χ0v) is 20.8. The number of esters is 1. The molecule has 1 saturated heterocycles. The highest BCUT2D eigenvalue weighted by molar-refractivity contribution is 6.30. The molecule has 0 spiro atoms. The molecule has 37 heavy (non-hydrogen) atoms. The molecule has 0 atom stereocenters. The van der Waals surface area contributed by atoms with Crippen molar-refractivity contribution in [1.29, 1.82) is 0 Å². The van der Waals surface area contributed by atoms with Crippen molar-refractivity contribution in [3.63, 3.8) is 0 Å². The Hall–Kier alpha value is -3.36. The Morgan fingerprint density at radius 1 is 0.865 bits per heavy atom. The maximum absolute atomic E-state index is 13.0. The number of halogens is 4. The van der Waals surface area contributed by atoms with Crippen LogP contribution in [-0.2, 0) is 22.1 Å². The number of ketones is 1. The molecule has 0 saturated carbocycles. The first-order chi connectivity index (χ1) is 17.7. The van der Waals surface area contributed by atoms with Crippen molar-refractivity contribution < 1.29 is 27.5 Å². The lowest BCUT2D eigenvalue weighted by atomic mass is 10.0. The zero-order chi connectivity index (χ0) is 26.4. The molecule has 0 unspecified atom stereocenters. The number of carbonyl (C=O) groups is 2. The number of hydrogen-bond acceptors (Lipinski definition) is 5. The van der Waals surface area contributed by atoms with E-state index in [2.05, 4.69) is 4.90 Å². The Morgan fingerprint density at radius 3 is 2.27 bits per heavy atom. The minimum atomic E-state index is -4.37. The molecule has 1 heterocycles. The lowest BCUT2D eigenvalue weighted by molar-refractivity contribution is -0.143. The summed E-state index contributed by atoms with van der Waals surface area (Å²) < 4.78 is 44.4. The maximum Gasteiger partial charge on any atom is 0.416 e. The average Bonchev–Trinajstić information content (AvgIpc) is 2.89. The second-order valence-electron chi connectivity index (χ2n) is 8.81. The number of carbonyl (C=O) groups excluding carboxylic acids is 2. The lowest BCUT2D eigenvalue weighted by Gasteiger charge is -2.36. The molecule has 0 aliphatic carbocycles. The van der Waals surface area contributed by atoms with E-state index in [1.165, 1.54) is 12.1 Å². The van der Waals surface area contributed by atoms with Gasteiger partial charge in [0, 0.05) is 54.6 Å². The molecule has 3 aromatic carbocycles. The highest BCUT2D eigenvalue weighted by Crippen LogP contribution is 2.31. The van der Waals surface area contributed by atoms with Crippen molar-refractivity contribution in [2.24, 2.45) is 0 Å². The van der Waals surface area contributed by atoms with Gasteiger partial charge in [-0.15, -0.1) is 0 Å². The van der Waals surface area contributed by atoms with Crippen LogP contribution in [0.15, 0.2) is 72.8 Å². The first kappa shape index (κ1) is 26.7. The van der Waals surface area contributed by atoms with Gasteiger partial charge in [0.1, 0.15) is 6.61 Å². The molecule has 1 aliphatic rings. The Bertz CT molecular complexity index is 1240. The number of alkyl halides is 3. The summed E-state index contributed by atoms with van der Waals surface area (Å²) in [7, 11) is 0. The van der Waals surface area contributed by atoms with Crippen molar-refractivity contribution in [3.05, 3.63) is 100 Å². The SMILES string of the molecule is O=C(Cc1cccc(C(=O)c2ccc(Cl)cc2)c1)OCCN1CCN(c2cccc(C(F)(F)F)c2)CC1. The Morgan fingerprint density at radius 2 is 1.57 bits per heavy atom.